The van der Waals surface area contributed by atoms with E-state index in [0.29, 0.717) is 28.8 Å². The van der Waals surface area contributed by atoms with Crippen LogP contribution in [0.2, 0.25) is 5.02 Å². The third kappa shape index (κ3) is 4.77. The maximum atomic E-state index is 9.65. The second kappa shape index (κ2) is 10.3. The smallest absolute Gasteiger partial charge is 0.155 e. The van der Waals surface area contributed by atoms with Gasteiger partial charge in [0.1, 0.15) is 12.7 Å². The van der Waals surface area contributed by atoms with Gasteiger partial charge in [0.05, 0.1) is 33.7 Å². The summed E-state index contributed by atoms with van der Waals surface area (Å²) in [6, 6.07) is 18.8. The van der Waals surface area contributed by atoms with Gasteiger partial charge in [0.25, 0.3) is 0 Å². The number of nitrogens with zero attached hydrogens (tertiary/aromatic N) is 3. The molecule has 0 spiro atoms. The predicted molar refractivity (Wildman–Crippen MR) is 145 cm³/mol. The lowest BCUT2D eigenvalue weighted by Gasteiger charge is -2.16. The molecule has 1 aromatic heterocycles. The lowest BCUT2D eigenvalue weighted by molar-refractivity contribution is 0.342. The highest BCUT2D eigenvalue weighted by molar-refractivity contribution is 7.99. The van der Waals surface area contributed by atoms with Crippen LogP contribution < -0.4 is 9.46 Å². The molecule has 4 aromatic rings. The van der Waals surface area contributed by atoms with Crippen molar-refractivity contribution in [1.82, 2.24) is 9.97 Å². The van der Waals surface area contributed by atoms with Crippen molar-refractivity contribution < 1.29 is 4.74 Å². The zero-order chi connectivity index (χ0) is 24.4. The molecule has 0 saturated carbocycles. The quantitative estimate of drug-likeness (QED) is 0.205. The molecule has 1 heterocycles. The summed E-state index contributed by atoms with van der Waals surface area (Å²) in [5.41, 5.74) is 8.05. The summed E-state index contributed by atoms with van der Waals surface area (Å²) in [5, 5.41) is 10.1. The van der Waals surface area contributed by atoms with Crippen LogP contribution in [0.4, 0.5) is 5.82 Å². The van der Waals surface area contributed by atoms with Gasteiger partial charge in [0.2, 0.25) is 0 Å². The first-order valence-corrected chi connectivity index (χ1v) is 13.4. The fraction of sp³-hybridized carbons (Fsp3) is 0.222. The fourth-order valence-electron chi connectivity index (χ4n) is 4.67. The fourth-order valence-corrected chi connectivity index (χ4v) is 5.34. The molecule has 0 radical (unpaired) electrons. The van der Waals surface area contributed by atoms with Crippen LogP contribution in [0.1, 0.15) is 34.6 Å². The number of nitrogens with one attached hydrogen (secondary N) is 1. The lowest BCUT2D eigenvalue weighted by Crippen LogP contribution is -2.03. The maximum absolute atomic E-state index is 9.65. The standard InChI is InChI=1S/C27H22Cl2N4OS/c1-35-33-26-15-31-25-13-17(4-7-24(25)32-26)16-2-5-21-18(10-16)3-6-22(21)19-11-20(14-30)27(23(29)12-19)34-9-8-28/h2,4-5,7,10-13,15,22H,3,6,8-9H2,1H3,(H,32,33). The van der Waals surface area contributed by atoms with Crippen molar-refractivity contribution in [3.8, 4) is 22.9 Å². The summed E-state index contributed by atoms with van der Waals surface area (Å²) in [6.45, 7) is 0.306. The van der Waals surface area contributed by atoms with Gasteiger partial charge in [-0.2, -0.15) is 5.26 Å². The highest BCUT2D eigenvalue weighted by atomic mass is 35.5. The Morgan fingerprint density at radius 1 is 1.14 bits per heavy atom. The summed E-state index contributed by atoms with van der Waals surface area (Å²) in [5.74, 6) is 1.68. The summed E-state index contributed by atoms with van der Waals surface area (Å²) < 4.78 is 8.73. The van der Waals surface area contributed by atoms with Gasteiger partial charge in [-0.25, -0.2) is 4.98 Å². The van der Waals surface area contributed by atoms with Crippen molar-refractivity contribution in [1.29, 1.82) is 5.26 Å². The number of nitriles is 1. The molecule has 176 valence electrons. The highest BCUT2D eigenvalue weighted by Gasteiger charge is 2.26. The van der Waals surface area contributed by atoms with Gasteiger partial charge in [-0.3, -0.25) is 4.98 Å². The normalized spacial score (nSPS) is 14.5. The molecule has 3 aromatic carbocycles. The first-order chi connectivity index (χ1) is 17.1. The van der Waals surface area contributed by atoms with E-state index in [-0.39, 0.29) is 5.92 Å². The van der Waals surface area contributed by atoms with E-state index in [1.165, 1.54) is 23.1 Å². The molecule has 5 nitrogen and oxygen atoms in total. The predicted octanol–water partition coefficient (Wildman–Crippen LogP) is 7.21. The van der Waals surface area contributed by atoms with Gasteiger partial charge < -0.3 is 9.46 Å². The first kappa shape index (κ1) is 23.7. The van der Waals surface area contributed by atoms with E-state index in [2.05, 4.69) is 51.1 Å². The molecule has 0 aliphatic heterocycles. The number of ether oxygens (including phenoxy) is 1. The minimum absolute atomic E-state index is 0.190. The van der Waals surface area contributed by atoms with Gasteiger partial charge in [0.15, 0.2) is 11.6 Å². The van der Waals surface area contributed by atoms with E-state index in [1.807, 2.05) is 24.5 Å². The van der Waals surface area contributed by atoms with Crippen LogP contribution in [0.3, 0.4) is 0 Å². The van der Waals surface area contributed by atoms with Gasteiger partial charge in [-0.15, -0.1) is 11.6 Å². The molecule has 0 amide bonds. The van der Waals surface area contributed by atoms with E-state index >= 15 is 0 Å². The molecule has 0 bridgehead atoms. The van der Waals surface area contributed by atoms with Crippen molar-refractivity contribution >= 4 is 52.0 Å². The van der Waals surface area contributed by atoms with Crippen LogP contribution in [0, 0.1) is 11.3 Å². The number of hydrogen-bond donors (Lipinski definition) is 1. The molecule has 1 aliphatic carbocycles. The average molecular weight is 521 g/mol. The van der Waals surface area contributed by atoms with Crippen molar-refractivity contribution in [2.45, 2.75) is 18.8 Å². The Balaban J connectivity index is 1.44. The molecular formula is C27H22Cl2N4OS. The number of fused-ring (bicyclic) bond motifs is 2. The highest BCUT2D eigenvalue weighted by Crippen LogP contribution is 2.42. The van der Waals surface area contributed by atoms with Crippen LogP contribution >= 0.6 is 35.1 Å². The van der Waals surface area contributed by atoms with Crippen molar-refractivity contribution in [2.75, 3.05) is 23.5 Å². The van der Waals surface area contributed by atoms with Gasteiger partial charge in [0, 0.05) is 12.2 Å². The van der Waals surface area contributed by atoms with Crippen LogP contribution in [0.25, 0.3) is 22.2 Å². The number of halogens is 2. The second-order valence-electron chi connectivity index (χ2n) is 8.30. The number of benzene rings is 3. The molecule has 1 aliphatic rings. The van der Waals surface area contributed by atoms with Crippen LogP contribution in [-0.2, 0) is 6.42 Å². The number of alkyl halides is 1. The summed E-state index contributed by atoms with van der Waals surface area (Å²) >= 11 is 13.7. The van der Waals surface area contributed by atoms with Gasteiger partial charge >= 0.3 is 0 Å². The number of rotatable bonds is 7. The molecule has 35 heavy (non-hydrogen) atoms. The third-order valence-corrected chi connectivity index (χ3v) is 7.06. The number of aryl methyl sites for hydroxylation is 1. The summed E-state index contributed by atoms with van der Waals surface area (Å²) in [4.78, 5) is 9.17. The Morgan fingerprint density at radius 3 is 2.77 bits per heavy atom. The monoisotopic (exact) mass is 520 g/mol. The third-order valence-electron chi connectivity index (χ3n) is 6.22. The van der Waals surface area contributed by atoms with Crippen molar-refractivity contribution in [2.24, 2.45) is 0 Å². The van der Waals surface area contributed by atoms with Crippen LogP contribution in [0.5, 0.6) is 5.75 Å². The Bertz CT molecular complexity index is 1450. The van der Waals surface area contributed by atoms with Crippen LogP contribution in [0.15, 0.2) is 54.7 Å². The minimum Gasteiger partial charge on any atom is -0.489 e. The summed E-state index contributed by atoms with van der Waals surface area (Å²) in [7, 11) is 0. The molecule has 1 unspecified atom stereocenters. The maximum Gasteiger partial charge on any atom is 0.155 e. The first-order valence-electron chi connectivity index (χ1n) is 11.2. The molecule has 5 rings (SSSR count). The zero-order valence-electron chi connectivity index (χ0n) is 19.0. The number of aromatic nitrogens is 2. The lowest BCUT2D eigenvalue weighted by atomic mass is 9.90. The minimum atomic E-state index is 0.190. The van der Waals surface area contributed by atoms with E-state index in [4.69, 9.17) is 27.9 Å². The van der Waals surface area contributed by atoms with Crippen molar-refractivity contribution in [3.63, 3.8) is 0 Å². The molecular weight excluding hydrogens is 499 g/mol. The van der Waals surface area contributed by atoms with E-state index in [1.54, 1.807) is 6.20 Å². The number of hydrogen-bond acceptors (Lipinski definition) is 6. The average Bonchev–Trinajstić information content (AvgIpc) is 3.31. The summed E-state index contributed by atoms with van der Waals surface area (Å²) in [6.07, 6.45) is 5.64. The Labute approximate surface area is 218 Å². The molecule has 0 fully saturated rings. The van der Waals surface area contributed by atoms with E-state index in [0.717, 1.165) is 46.4 Å². The van der Waals surface area contributed by atoms with E-state index < -0.39 is 0 Å². The van der Waals surface area contributed by atoms with Gasteiger partial charge in [-0.1, -0.05) is 47.8 Å². The molecule has 0 saturated heterocycles. The van der Waals surface area contributed by atoms with E-state index in [9.17, 15) is 5.26 Å². The molecule has 1 atom stereocenters. The van der Waals surface area contributed by atoms with Crippen molar-refractivity contribution in [3.05, 3.63) is 82.0 Å². The Hall–Kier alpha value is -2.98. The molecule has 1 N–H and O–H groups in total. The van der Waals surface area contributed by atoms with Crippen LogP contribution in [-0.4, -0.2) is 28.7 Å². The second-order valence-corrected chi connectivity index (χ2v) is 9.70. The SMILES string of the molecule is CSNc1cnc2cc(-c3ccc4c(c3)CCC4c3cc(Cl)c(OCCCl)c(C#N)c3)ccc2n1. The largest absolute Gasteiger partial charge is 0.489 e. The Morgan fingerprint density at radius 2 is 1.97 bits per heavy atom. The Kier molecular flexibility index (Phi) is 7.01. The molecule has 8 heteroatoms. The zero-order valence-corrected chi connectivity index (χ0v) is 21.3. The topological polar surface area (TPSA) is 70.8 Å². The number of anilines is 1. The van der Waals surface area contributed by atoms with Gasteiger partial charge in [-0.05, 0) is 64.9 Å².